The third-order valence-electron chi connectivity index (χ3n) is 4.57. The molecule has 3 rings (SSSR count). The van der Waals surface area contributed by atoms with Crippen molar-refractivity contribution in [1.29, 1.82) is 0 Å². The van der Waals surface area contributed by atoms with Crippen LogP contribution in [0, 0.1) is 0 Å². The minimum absolute atomic E-state index is 0.139. The molecule has 0 unspecified atom stereocenters. The van der Waals surface area contributed by atoms with Gasteiger partial charge in [0.2, 0.25) is 0 Å². The number of rotatable bonds is 5. The Bertz CT molecular complexity index is 664. The highest BCUT2D eigenvalue weighted by Gasteiger charge is 2.21. The number of carbonyl (C=O) groups is 1. The molecule has 1 aliphatic heterocycles. The number of amides is 1. The lowest BCUT2D eigenvalue weighted by molar-refractivity contribution is 0.0638. The zero-order valence-corrected chi connectivity index (χ0v) is 14.1. The molecule has 1 fully saturated rings. The fourth-order valence-electron chi connectivity index (χ4n) is 3.13. The van der Waals surface area contributed by atoms with Crippen LogP contribution in [0.25, 0.3) is 0 Å². The van der Waals surface area contributed by atoms with E-state index < -0.39 is 0 Å². The monoisotopic (exact) mass is 324 g/mol. The third kappa shape index (κ3) is 3.95. The van der Waals surface area contributed by atoms with E-state index in [1.54, 1.807) is 7.11 Å². The van der Waals surface area contributed by atoms with Gasteiger partial charge in [-0.2, -0.15) is 0 Å². The van der Waals surface area contributed by atoms with Crippen molar-refractivity contribution >= 4 is 5.91 Å². The van der Waals surface area contributed by atoms with Crippen LogP contribution >= 0.6 is 0 Å². The minimum Gasteiger partial charge on any atom is -0.496 e. The van der Waals surface area contributed by atoms with Gasteiger partial charge >= 0.3 is 0 Å². The van der Waals surface area contributed by atoms with E-state index >= 15 is 0 Å². The highest BCUT2D eigenvalue weighted by molar-refractivity contribution is 5.94. The topological polar surface area (TPSA) is 32.8 Å². The number of benzene rings is 2. The number of hydrogen-bond donors (Lipinski definition) is 0. The predicted molar refractivity (Wildman–Crippen MR) is 95.5 cm³/mol. The summed E-state index contributed by atoms with van der Waals surface area (Å²) in [6.45, 7) is 4.43. The van der Waals surface area contributed by atoms with Crippen molar-refractivity contribution in [3.05, 3.63) is 65.7 Å². The van der Waals surface area contributed by atoms with E-state index in [1.165, 1.54) is 5.56 Å². The lowest BCUT2D eigenvalue weighted by Gasteiger charge is -2.34. The van der Waals surface area contributed by atoms with Crippen LogP contribution in [0.1, 0.15) is 15.9 Å². The van der Waals surface area contributed by atoms with E-state index in [9.17, 15) is 4.79 Å². The number of nitrogens with zero attached hydrogens (tertiary/aromatic N) is 2. The van der Waals surface area contributed by atoms with E-state index in [-0.39, 0.29) is 5.91 Å². The molecule has 1 aliphatic rings. The van der Waals surface area contributed by atoms with Gasteiger partial charge in [-0.25, -0.2) is 0 Å². The first kappa shape index (κ1) is 16.5. The lowest BCUT2D eigenvalue weighted by Crippen LogP contribution is -2.49. The molecule has 126 valence electrons. The molecule has 0 aliphatic carbocycles. The van der Waals surface area contributed by atoms with Crippen molar-refractivity contribution in [2.24, 2.45) is 0 Å². The summed E-state index contributed by atoms with van der Waals surface area (Å²) in [6, 6.07) is 17.7. The van der Waals surface area contributed by atoms with Crippen molar-refractivity contribution in [3.63, 3.8) is 0 Å². The van der Waals surface area contributed by atoms with E-state index in [0.717, 1.165) is 50.5 Å². The smallest absolute Gasteiger partial charge is 0.253 e. The summed E-state index contributed by atoms with van der Waals surface area (Å²) in [4.78, 5) is 16.8. The second-order valence-electron chi connectivity index (χ2n) is 6.06. The highest BCUT2D eigenvalue weighted by atomic mass is 16.5. The Morgan fingerprint density at radius 2 is 1.62 bits per heavy atom. The van der Waals surface area contributed by atoms with Gasteiger partial charge in [0, 0.05) is 38.3 Å². The van der Waals surface area contributed by atoms with E-state index in [4.69, 9.17) is 4.74 Å². The molecule has 0 radical (unpaired) electrons. The van der Waals surface area contributed by atoms with Gasteiger partial charge in [0.1, 0.15) is 5.75 Å². The van der Waals surface area contributed by atoms with Gasteiger partial charge in [-0.1, -0.05) is 36.4 Å². The first-order valence-electron chi connectivity index (χ1n) is 8.46. The van der Waals surface area contributed by atoms with Crippen molar-refractivity contribution in [3.8, 4) is 5.75 Å². The van der Waals surface area contributed by atoms with Crippen molar-refractivity contribution < 1.29 is 9.53 Å². The van der Waals surface area contributed by atoms with Crippen LogP contribution in [0.4, 0.5) is 0 Å². The van der Waals surface area contributed by atoms with Crippen LogP contribution in [-0.4, -0.2) is 55.5 Å². The number of ether oxygens (including phenoxy) is 1. The van der Waals surface area contributed by atoms with Crippen LogP contribution in [0.3, 0.4) is 0 Å². The summed E-state index contributed by atoms with van der Waals surface area (Å²) in [5.74, 6) is 1.09. The molecular weight excluding hydrogens is 300 g/mol. The highest BCUT2D eigenvalue weighted by Crippen LogP contribution is 2.18. The average Bonchev–Trinajstić information content (AvgIpc) is 2.67. The first-order valence-corrected chi connectivity index (χ1v) is 8.46. The Morgan fingerprint density at radius 3 is 2.33 bits per heavy atom. The molecule has 0 saturated carbocycles. The molecule has 2 aromatic rings. The molecule has 1 saturated heterocycles. The summed E-state index contributed by atoms with van der Waals surface area (Å²) in [5.41, 5.74) is 2.02. The quantitative estimate of drug-likeness (QED) is 0.848. The molecule has 1 amide bonds. The number of hydrogen-bond acceptors (Lipinski definition) is 3. The van der Waals surface area contributed by atoms with Gasteiger partial charge < -0.3 is 9.64 Å². The fraction of sp³-hybridized carbons (Fsp3) is 0.350. The van der Waals surface area contributed by atoms with E-state index in [2.05, 4.69) is 11.0 Å². The van der Waals surface area contributed by atoms with Gasteiger partial charge in [-0.05, 0) is 30.2 Å². The normalized spacial score (nSPS) is 15.3. The summed E-state index contributed by atoms with van der Waals surface area (Å²) in [7, 11) is 1.72. The summed E-state index contributed by atoms with van der Waals surface area (Å²) < 4.78 is 5.41. The number of piperazine rings is 1. The van der Waals surface area contributed by atoms with Crippen LogP contribution < -0.4 is 4.74 Å². The predicted octanol–water partition coefficient (Wildman–Crippen LogP) is 2.70. The number of para-hydroxylation sites is 1. The first-order chi connectivity index (χ1) is 11.8. The van der Waals surface area contributed by atoms with Gasteiger partial charge in [0.25, 0.3) is 5.91 Å². The van der Waals surface area contributed by atoms with Crippen LogP contribution in [-0.2, 0) is 6.42 Å². The average molecular weight is 324 g/mol. The van der Waals surface area contributed by atoms with Crippen LogP contribution in [0.5, 0.6) is 5.75 Å². The minimum atomic E-state index is 0.139. The van der Waals surface area contributed by atoms with E-state index in [1.807, 2.05) is 53.4 Å². The SMILES string of the molecule is COc1ccccc1CCN1CCN(C(=O)c2ccccc2)CC1. The molecule has 0 aromatic heterocycles. The van der Waals surface area contributed by atoms with Crippen molar-refractivity contribution in [2.45, 2.75) is 6.42 Å². The standard InChI is InChI=1S/C20H24N2O2/c1-24-19-10-6-5-7-17(19)11-12-21-13-15-22(16-14-21)20(23)18-8-3-2-4-9-18/h2-10H,11-16H2,1H3. The van der Waals surface area contributed by atoms with Crippen LogP contribution in [0.2, 0.25) is 0 Å². The Kier molecular flexibility index (Phi) is 5.49. The van der Waals surface area contributed by atoms with Gasteiger partial charge in [0.15, 0.2) is 0 Å². The fourth-order valence-corrected chi connectivity index (χ4v) is 3.13. The number of methoxy groups -OCH3 is 1. The molecule has 0 atom stereocenters. The molecular formula is C20H24N2O2. The second-order valence-corrected chi connectivity index (χ2v) is 6.06. The maximum atomic E-state index is 12.5. The summed E-state index contributed by atoms with van der Waals surface area (Å²) in [6.07, 6.45) is 0.969. The molecule has 2 aromatic carbocycles. The number of carbonyl (C=O) groups excluding carboxylic acids is 1. The van der Waals surface area contributed by atoms with Gasteiger partial charge in [0.05, 0.1) is 7.11 Å². The van der Waals surface area contributed by atoms with Gasteiger partial charge in [-0.15, -0.1) is 0 Å². The van der Waals surface area contributed by atoms with Crippen molar-refractivity contribution in [1.82, 2.24) is 9.80 Å². The maximum Gasteiger partial charge on any atom is 0.253 e. The molecule has 4 nitrogen and oxygen atoms in total. The summed E-state index contributed by atoms with van der Waals surface area (Å²) >= 11 is 0. The molecule has 0 bridgehead atoms. The molecule has 0 spiro atoms. The van der Waals surface area contributed by atoms with E-state index in [0.29, 0.717) is 0 Å². The molecule has 24 heavy (non-hydrogen) atoms. The largest absolute Gasteiger partial charge is 0.496 e. The molecule has 4 heteroatoms. The maximum absolute atomic E-state index is 12.5. The summed E-state index contributed by atoms with van der Waals surface area (Å²) in [5, 5.41) is 0. The Labute approximate surface area is 143 Å². The van der Waals surface area contributed by atoms with Gasteiger partial charge in [-0.3, -0.25) is 9.69 Å². The Hall–Kier alpha value is -2.33. The molecule has 0 N–H and O–H groups in total. The lowest BCUT2D eigenvalue weighted by atomic mass is 10.1. The molecule has 1 heterocycles. The zero-order chi connectivity index (χ0) is 16.8. The Morgan fingerprint density at radius 1 is 0.958 bits per heavy atom. The van der Waals surface area contributed by atoms with Crippen LogP contribution in [0.15, 0.2) is 54.6 Å². The third-order valence-corrected chi connectivity index (χ3v) is 4.57. The second kappa shape index (κ2) is 7.97. The Balaban J connectivity index is 1.50. The zero-order valence-electron chi connectivity index (χ0n) is 14.1. The van der Waals surface area contributed by atoms with Crippen molar-refractivity contribution in [2.75, 3.05) is 39.8 Å².